The summed E-state index contributed by atoms with van der Waals surface area (Å²) in [5.41, 5.74) is 4.01. The Morgan fingerprint density at radius 1 is 0.923 bits per heavy atom. The number of hydrogen-bond acceptors (Lipinski definition) is 5. The van der Waals surface area contributed by atoms with Crippen LogP contribution in [0.15, 0.2) is 53.6 Å². The van der Waals surface area contributed by atoms with E-state index < -0.39 is 5.91 Å². The fourth-order valence-electron chi connectivity index (χ4n) is 2.08. The van der Waals surface area contributed by atoms with Gasteiger partial charge in [0.2, 0.25) is 5.91 Å². The highest BCUT2D eigenvalue weighted by atomic mass is 16.5. The summed E-state index contributed by atoms with van der Waals surface area (Å²) in [5, 5.41) is 6.40. The summed E-state index contributed by atoms with van der Waals surface area (Å²) in [5.74, 6) is 0.816. The van der Waals surface area contributed by atoms with Crippen molar-refractivity contribution in [1.82, 2.24) is 10.7 Å². The molecule has 0 unspecified atom stereocenters. The lowest BCUT2D eigenvalue weighted by atomic mass is 10.1. The number of amides is 2. The standard InChI is InChI=1S/C19H21N3O4/c1-25-16-7-3-14(4-8-16)11-18(23)20-13-19(24)22-21-12-15-5-9-17(26-2)10-6-15/h3-10,12H,11,13H2,1-2H3,(H,20,23)(H,22,24)/b21-12-. The van der Waals surface area contributed by atoms with Gasteiger partial charge < -0.3 is 14.8 Å². The smallest absolute Gasteiger partial charge is 0.259 e. The number of methoxy groups -OCH3 is 2. The molecule has 0 heterocycles. The molecule has 0 saturated carbocycles. The van der Waals surface area contributed by atoms with Crippen molar-refractivity contribution in [2.45, 2.75) is 6.42 Å². The molecule has 2 aromatic carbocycles. The number of carbonyl (C=O) groups is 2. The van der Waals surface area contributed by atoms with E-state index in [-0.39, 0.29) is 18.9 Å². The van der Waals surface area contributed by atoms with Gasteiger partial charge in [0.05, 0.1) is 33.4 Å². The van der Waals surface area contributed by atoms with E-state index in [1.807, 2.05) is 12.1 Å². The molecule has 7 heteroatoms. The van der Waals surface area contributed by atoms with Crippen molar-refractivity contribution in [3.05, 3.63) is 59.7 Å². The predicted molar refractivity (Wildman–Crippen MR) is 98.4 cm³/mol. The molecular weight excluding hydrogens is 334 g/mol. The molecule has 0 aliphatic rings. The largest absolute Gasteiger partial charge is 0.497 e. The van der Waals surface area contributed by atoms with Crippen LogP contribution < -0.4 is 20.2 Å². The first-order valence-corrected chi connectivity index (χ1v) is 7.96. The summed E-state index contributed by atoms with van der Waals surface area (Å²) >= 11 is 0. The second-order valence-electron chi connectivity index (χ2n) is 5.37. The lowest BCUT2D eigenvalue weighted by molar-refractivity contribution is -0.125. The second kappa shape index (κ2) is 9.83. The highest BCUT2D eigenvalue weighted by molar-refractivity contribution is 5.87. The second-order valence-corrected chi connectivity index (χ2v) is 5.37. The zero-order valence-electron chi connectivity index (χ0n) is 14.7. The minimum atomic E-state index is -0.405. The van der Waals surface area contributed by atoms with Crippen LogP contribution >= 0.6 is 0 Å². The minimum absolute atomic E-state index is 0.144. The van der Waals surface area contributed by atoms with E-state index in [1.165, 1.54) is 6.21 Å². The van der Waals surface area contributed by atoms with E-state index in [2.05, 4.69) is 15.8 Å². The highest BCUT2D eigenvalue weighted by Gasteiger charge is 2.06. The van der Waals surface area contributed by atoms with Crippen LogP contribution in [0.2, 0.25) is 0 Å². The lowest BCUT2D eigenvalue weighted by Gasteiger charge is -2.05. The van der Waals surface area contributed by atoms with Crippen LogP contribution in [0.25, 0.3) is 0 Å². The van der Waals surface area contributed by atoms with Gasteiger partial charge in [-0.15, -0.1) is 0 Å². The maximum atomic E-state index is 11.9. The third-order valence-corrected chi connectivity index (χ3v) is 3.49. The Kier molecular flexibility index (Phi) is 7.17. The lowest BCUT2D eigenvalue weighted by Crippen LogP contribution is -2.35. The highest BCUT2D eigenvalue weighted by Crippen LogP contribution is 2.11. The molecule has 2 amide bonds. The molecule has 0 fully saturated rings. The molecule has 26 heavy (non-hydrogen) atoms. The van der Waals surface area contributed by atoms with Crippen LogP contribution in [0.4, 0.5) is 0 Å². The van der Waals surface area contributed by atoms with Crippen LogP contribution in [0.3, 0.4) is 0 Å². The summed E-state index contributed by atoms with van der Waals surface area (Å²) in [4.78, 5) is 23.6. The van der Waals surface area contributed by atoms with E-state index in [9.17, 15) is 9.59 Å². The number of hydrazone groups is 1. The number of nitrogens with zero attached hydrogens (tertiary/aromatic N) is 1. The molecule has 0 atom stereocenters. The number of benzene rings is 2. The summed E-state index contributed by atoms with van der Waals surface area (Å²) in [7, 11) is 3.17. The van der Waals surface area contributed by atoms with Gasteiger partial charge >= 0.3 is 0 Å². The molecule has 0 aliphatic carbocycles. The zero-order valence-corrected chi connectivity index (χ0v) is 14.7. The minimum Gasteiger partial charge on any atom is -0.497 e. The van der Waals surface area contributed by atoms with Gasteiger partial charge in [0.25, 0.3) is 5.91 Å². The molecule has 2 N–H and O–H groups in total. The maximum Gasteiger partial charge on any atom is 0.259 e. The third-order valence-electron chi connectivity index (χ3n) is 3.49. The predicted octanol–water partition coefficient (Wildman–Crippen LogP) is 1.51. The molecule has 136 valence electrons. The topological polar surface area (TPSA) is 89.0 Å². The molecule has 7 nitrogen and oxygen atoms in total. The molecule has 0 saturated heterocycles. The molecule has 2 rings (SSSR count). The van der Waals surface area contributed by atoms with Gasteiger partial charge in [0.15, 0.2) is 0 Å². The van der Waals surface area contributed by atoms with E-state index in [4.69, 9.17) is 9.47 Å². The van der Waals surface area contributed by atoms with Crippen LogP contribution in [-0.4, -0.2) is 38.8 Å². The monoisotopic (exact) mass is 355 g/mol. The molecule has 0 spiro atoms. The maximum absolute atomic E-state index is 11.9. The molecule has 0 aromatic heterocycles. The van der Waals surface area contributed by atoms with Crippen molar-refractivity contribution >= 4 is 18.0 Å². The van der Waals surface area contributed by atoms with Gasteiger partial charge in [-0.1, -0.05) is 12.1 Å². The number of carbonyl (C=O) groups excluding carboxylic acids is 2. The average molecular weight is 355 g/mol. The first kappa shape index (κ1) is 19.0. The summed E-state index contributed by atoms with van der Waals surface area (Å²) in [6.45, 7) is -0.144. The van der Waals surface area contributed by atoms with Crippen molar-refractivity contribution in [2.24, 2.45) is 5.10 Å². The average Bonchev–Trinajstić information content (AvgIpc) is 2.67. The van der Waals surface area contributed by atoms with E-state index in [0.717, 1.165) is 22.6 Å². The zero-order chi connectivity index (χ0) is 18.8. The number of nitrogens with one attached hydrogen (secondary N) is 2. The first-order chi connectivity index (χ1) is 12.6. The van der Waals surface area contributed by atoms with Crippen LogP contribution in [0.1, 0.15) is 11.1 Å². The van der Waals surface area contributed by atoms with Crippen molar-refractivity contribution in [3.63, 3.8) is 0 Å². The Morgan fingerprint density at radius 3 is 2.08 bits per heavy atom. The van der Waals surface area contributed by atoms with Crippen LogP contribution in [-0.2, 0) is 16.0 Å². The Labute approximate surface area is 152 Å². The first-order valence-electron chi connectivity index (χ1n) is 7.96. The van der Waals surface area contributed by atoms with Crippen LogP contribution in [0, 0.1) is 0 Å². The Balaban J connectivity index is 1.71. The van der Waals surface area contributed by atoms with Gasteiger partial charge in [-0.25, -0.2) is 5.43 Å². The van der Waals surface area contributed by atoms with E-state index in [1.54, 1.807) is 50.6 Å². The van der Waals surface area contributed by atoms with Gasteiger partial charge in [-0.2, -0.15) is 5.10 Å². The third kappa shape index (κ3) is 6.27. The number of rotatable bonds is 8. The summed E-state index contributed by atoms with van der Waals surface area (Å²) in [6, 6.07) is 14.4. The quantitative estimate of drug-likeness (QED) is 0.555. The molecule has 0 bridgehead atoms. The Hall–Kier alpha value is -3.35. The van der Waals surface area contributed by atoms with Crippen molar-refractivity contribution < 1.29 is 19.1 Å². The van der Waals surface area contributed by atoms with Gasteiger partial charge in [-0.3, -0.25) is 9.59 Å². The van der Waals surface area contributed by atoms with Crippen molar-refractivity contribution in [3.8, 4) is 11.5 Å². The Bertz CT molecular complexity index is 755. The SMILES string of the molecule is COc1ccc(/C=N\NC(=O)CNC(=O)Cc2ccc(OC)cc2)cc1. The molecule has 0 aliphatic heterocycles. The van der Waals surface area contributed by atoms with Crippen molar-refractivity contribution in [1.29, 1.82) is 0 Å². The Morgan fingerprint density at radius 2 is 1.50 bits per heavy atom. The van der Waals surface area contributed by atoms with Crippen LogP contribution in [0.5, 0.6) is 11.5 Å². The number of ether oxygens (including phenoxy) is 2. The van der Waals surface area contributed by atoms with Gasteiger partial charge in [0.1, 0.15) is 11.5 Å². The van der Waals surface area contributed by atoms with E-state index >= 15 is 0 Å². The fraction of sp³-hybridized carbons (Fsp3) is 0.211. The van der Waals surface area contributed by atoms with Gasteiger partial charge in [0, 0.05) is 0 Å². The molecular formula is C19H21N3O4. The summed E-state index contributed by atoms with van der Waals surface area (Å²) < 4.78 is 10.1. The number of hydrogen-bond donors (Lipinski definition) is 2. The fourth-order valence-corrected chi connectivity index (χ4v) is 2.08. The molecule has 2 aromatic rings. The van der Waals surface area contributed by atoms with Crippen molar-refractivity contribution in [2.75, 3.05) is 20.8 Å². The van der Waals surface area contributed by atoms with E-state index in [0.29, 0.717) is 0 Å². The normalized spacial score (nSPS) is 10.4. The summed E-state index contributed by atoms with van der Waals surface area (Å²) in [6.07, 6.45) is 1.70. The molecule has 0 radical (unpaired) electrons. The van der Waals surface area contributed by atoms with Gasteiger partial charge in [-0.05, 0) is 47.5 Å².